The van der Waals surface area contributed by atoms with E-state index in [1.165, 1.54) is 16.8 Å². The zero-order valence-corrected chi connectivity index (χ0v) is 15.0. The standard InChI is InChI=1S/C20H21F2N3O/c1-13(23-11-15-5-4-6-17(9-15)26-3)18-12-24-25(14(18)2)20-8-7-16(21)10-19(20)22/h4-10,12-13,23H,11H2,1-3H3/t13-/m1/s1. The predicted molar refractivity (Wildman–Crippen MR) is 96.5 cm³/mol. The van der Waals surface area contributed by atoms with E-state index in [1.807, 2.05) is 38.1 Å². The van der Waals surface area contributed by atoms with Gasteiger partial charge in [0.1, 0.15) is 17.3 Å². The molecule has 0 bridgehead atoms. The first-order valence-electron chi connectivity index (χ1n) is 8.36. The van der Waals surface area contributed by atoms with Gasteiger partial charge in [-0.15, -0.1) is 0 Å². The highest BCUT2D eigenvalue weighted by Crippen LogP contribution is 2.23. The van der Waals surface area contributed by atoms with Crippen molar-refractivity contribution in [1.82, 2.24) is 15.1 Å². The van der Waals surface area contributed by atoms with E-state index in [1.54, 1.807) is 13.3 Å². The molecule has 1 aromatic heterocycles. The summed E-state index contributed by atoms with van der Waals surface area (Å²) >= 11 is 0. The number of nitrogens with one attached hydrogen (secondary N) is 1. The van der Waals surface area contributed by atoms with Gasteiger partial charge in [-0.2, -0.15) is 5.10 Å². The van der Waals surface area contributed by atoms with E-state index in [2.05, 4.69) is 10.4 Å². The number of aromatic nitrogens is 2. The Labute approximate surface area is 151 Å². The van der Waals surface area contributed by atoms with Gasteiger partial charge in [0.2, 0.25) is 0 Å². The van der Waals surface area contributed by atoms with E-state index in [0.717, 1.165) is 28.6 Å². The third kappa shape index (κ3) is 3.75. The highest BCUT2D eigenvalue weighted by molar-refractivity contribution is 5.37. The Morgan fingerprint density at radius 3 is 2.73 bits per heavy atom. The number of benzene rings is 2. The molecular formula is C20H21F2N3O. The van der Waals surface area contributed by atoms with Crippen molar-refractivity contribution in [3.8, 4) is 11.4 Å². The molecule has 136 valence electrons. The normalized spacial score (nSPS) is 12.2. The van der Waals surface area contributed by atoms with Crippen LogP contribution < -0.4 is 10.1 Å². The average molecular weight is 357 g/mol. The van der Waals surface area contributed by atoms with Gasteiger partial charge in [0.25, 0.3) is 0 Å². The van der Waals surface area contributed by atoms with Crippen LogP contribution in [-0.4, -0.2) is 16.9 Å². The quantitative estimate of drug-likeness (QED) is 0.714. The molecule has 6 heteroatoms. The van der Waals surface area contributed by atoms with Crippen LogP contribution in [0.5, 0.6) is 5.75 Å². The number of rotatable bonds is 6. The molecule has 3 rings (SSSR count). The summed E-state index contributed by atoms with van der Waals surface area (Å²) in [4.78, 5) is 0. The second-order valence-corrected chi connectivity index (χ2v) is 6.15. The molecule has 3 aromatic rings. The van der Waals surface area contributed by atoms with E-state index < -0.39 is 11.6 Å². The Kier molecular flexibility index (Phi) is 5.32. The van der Waals surface area contributed by atoms with Gasteiger partial charge in [-0.05, 0) is 43.7 Å². The zero-order valence-electron chi connectivity index (χ0n) is 15.0. The summed E-state index contributed by atoms with van der Waals surface area (Å²) in [5.74, 6) is -0.433. The monoisotopic (exact) mass is 357 g/mol. The summed E-state index contributed by atoms with van der Waals surface area (Å²) in [5, 5.41) is 7.71. The van der Waals surface area contributed by atoms with Crippen LogP contribution in [0.15, 0.2) is 48.7 Å². The summed E-state index contributed by atoms with van der Waals surface area (Å²) in [5.41, 5.74) is 3.10. The third-order valence-electron chi connectivity index (χ3n) is 4.40. The second kappa shape index (κ2) is 7.66. The van der Waals surface area contributed by atoms with Crippen LogP contribution in [0.4, 0.5) is 8.78 Å². The number of methoxy groups -OCH3 is 1. The number of hydrogen-bond acceptors (Lipinski definition) is 3. The molecule has 2 aromatic carbocycles. The lowest BCUT2D eigenvalue weighted by Gasteiger charge is -2.15. The highest BCUT2D eigenvalue weighted by Gasteiger charge is 2.16. The fourth-order valence-corrected chi connectivity index (χ4v) is 2.91. The molecule has 1 atom stereocenters. The molecule has 0 amide bonds. The molecule has 1 heterocycles. The molecule has 0 fully saturated rings. The van der Waals surface area contributed by atoms with Crippen LogP contribution in [0.3, 0.4) is 0 Å². The van der Waals surface area contributed by atoms with Crippen molar-refractivity contribution in [3.63, 3.8) is 0 Å². The fraction of sp³-hybridized carbons (Fsp3) is 0.250. The smallest absolute Gasteiger partial charge is 0.151 e. The molecule has 0 unspecified atom stereocenters. The molecule has 0 aliphatic rings. The van der Waals surface area contributed by atoms with Gasteiger partial charge in [-0.1, -0.05) is 12.1 Å². The van der Waals surface area contributed by atoms with Crippen LogP contribution in [0, 0.1) is 18.6 Å². The fourth-order valence-electron chi connectivity index (χ4n) is 2.91. The topological polar surface area (TPSA) is 39.1 Å². The number of ether oxygens (including phenoxy) is 1. The van der Waals surface area contributed by atoms with Crippen molar-refractivity contribution in [2.45, 2.75) is 26.4 Å². The largest absolute Gasteiger partial charge is 0.497 e. The van der Waals surface area contributed by atoms with E-state index in [9.17, 15) is 8.78 Å². The van der Waals surface area contributed by atoms with Gasteiger partial charge >= 0.3 is 0 Å². The Morgan fingerprint density at radius 2 is 2.00 bits per heavy atom. The van der Waals surface area contributed by atoms with Gasteiger partial charge in [0.05, 0.1) is 13.3 Å². The molecule has 0 saturated heterocycles. The summed E-state index contributed by atoms with van der Waals surface area (Å²) in [6.45, 7) is 4.55. The van der Waals surface area contributed by atoms with Crippen molar-refractivity contribution < 1.29 is 13.5 Å². The second-order valence-electron chi connectivity index (χ2n) is 6.15. The maximum absolute atomic E-state index is 14.0. The zero-order chi connectivity index (χ0) is 18.7. The predicted octanol–water partition coefficient (Wildman–Crippen LogP) is 4.32. The molecule has 4 nitrogen and oxygen atoms in total. The Balaban J connectivity index is 1.76. The lowest BCUT2D eigenvalue weighted by molar-refractivity contribution is 0.414. The van der Waals surface area contributed by atoms with E-state index in [0.29, 0.717) is 6.54 Å². The summed E-state index contributed by atoms with van der Waals surface area (Å²) in [7, 11) is 1.64. The molecule has 26 heavy (non-hydrogen) atoms. The van der Waals surface area contributed by atoms with Gasteiger partial charge < -0.3 is 10.1 Å². The van der Waals surface area contributed by atoms with Crippen LogP contribution in [0.25, 0.3) is 5.69 Å². The molecule has 0 spiro atoms. The van der Waals surface area contributed by atoms with E-state index in [-0.39, 0.29) is 11.7 Å². The van der Waals surface area contributed by atoms with Crippen LogP contribution in [-0.2, 0) is 6.54 Å². The van der Waals surface area contributed by atoms with Crippen molar-refractivity contribution in [2.75, 3.05) is 7.11 Å². The molecule has 0 saturated carbocycles. The summed E-state index contributed by atoms with van der Waals surface area (Å²) in [6, 6.07) is 11.3. The van der Waals surface area contributed by atoms with Gasteiger partial charge in [0, 0.05) is 29.9 Å². The number of nitrogens with zero attached hydrogens (tertiary/aromatic N) is 2. The minimum atomic E-state index is -0.639. The van der Waals surface area contributed by atoms with Crippen LogP contribution >= 0.6 is 0 Å². The summed E-state index contributed by atoms with van der Waals surface area (Å²) < 4.78 is 33.9. The molecule has 0 radical (unpaired) electrons. The molecule has 0 aliphatic carbocycles. The van der Waals surface area contributed by atoms with Gasteiger partial charge in [-0.25, -0.2) is 13.5 Å². The first-order valence-corrected chi connectivity index (χ1v) is 8.36. The van der Waals surface area contributed by atoms with Gasteiger partial charge in [-0.3, -0.25) is 0 Å². The van der Waals surface area contributed by atoms with Crippen LogP contribution in [0.1, 0.15) is 29.8 Å². The Bertz CT molecular complexity index is 908. The minimum Gasteiger partial charge on any atom is -0.497 e. The lowest BCUT2D eigenvalue weighted by atomic mass is 10.1. The van der Waals surface area contributed by atoms with Crippen LogP contribution in [0.2, 0.25) is 0 Å². The first-order chi connectivity index (χ1) is 12.5. The summed E-state index contributed by atoms with van der Waals surface area (Å²) in [6.07, 6.45) is 1.71. The number of hydrogen-bond donors (Lipinski definition) is 1. The van der Waals surface area contributed by atoms with E-state index >= 15 is 0 Å². The maximum atomic E-state index is 14.0. The van der Waals surface area contributed by atoms with Crippen molar-refractivity contribution in [2.24, 2.45) is 0 Å². The maximum Gasteiger partial charge on any atom is 0.151 e. The third-order valence-corrected chi connectivity index (χ3v) is 4.40. The van der Waals surface area contributed by atoms with Crippen molar-refractivity contribution in [1.29, 1.82) is 0 Å². The minimum absolute atomic E-state index is 0.0125. The number of halogens is 2. The van der Waals surface area contributed by atoms with E-state index in [4.69, 9.17) is 4.74 Å². The highest BCUT2D eigenvalue weighted by atomic mass is 19.1. The SMILES string of the molecule is COc1cccc(CN[C@H](C)c2cnn(-c3ccc(F)cc3F)c2C)c1. The molecular weight excluding hydrogens is 336 g/mol. The lowest BCUT2D eigenvalue weighted by Crippen LogP contribution is -2.18. The molecule has 1 N–H and O–H groups in total. The van der Waals surface area contributed by atoms with Gasteiger partial charge in [0.15, 0.2) is 5.82 Å². The van der Waals surface area contributed by atoms with Crippen molar-refractivity contribution in [3.05, 3.63) is 77.1 Å². The Morgan fingerprint density at radius 1 is 1.19 bits per heavy atom. The first kappa shape index (κ1) is 18.1. The van der Waals surface area contributed by atoms with Crippen molar-refractivity contribution >= 4 is 0 Å². The molecule has 0 aliphatic heterocycles. The average Bonchev–Trinajstić information content (AvgIpc) is 3.01. The Hall–Kier alpha value is -2.73.